The number of carbonyl (C=O) groups is 2. The Morgan fingerprint density at radius 1 is 1.41 bits per heavy atom. The van der Waals surface area contributed by atoms with Crippen LogP contribution < -0.4 is 5.32 Å². The number of carbonyl (C=O) groups excluding carboxylic acids is 2. The van der Waals surface area contributed by atoms with Crippen molar-refractivity contribution in [3.8, 4) is 6.19 Å². The van der Waals surface area contributed by atoms with Crippen molar-refractivity contribution in [1.29, 1.82) is 5.26 Å². The van der Waals surface area contributed by atoms with Crippen LogP contribution in [0.25, 0.3) is 0 Å². The number of piperidine rings is 1. The fraction of sp³-hybridized carbons (Fsp3) is 0.565. The molecule has 1 atom stereocenters. The van der Waals surface area contributed by atoms with Crippen molar-refractivity contribution >= 4 is 29.6 Å². The summed E-state index contributed by atoms with van der Waals surface area (Å²) in [6.07, 6.45) is 2.67. The maximum atomic E-state index is 13.9. The molecule has 1 aliphatic heterocycles. The van der Waals surface area contributed by atoms with Gasteiger partial charge in [-0.05, 0) is 64.3 Å². The van der Waals surface area contributed by atoms with Gasteiger partial charge >= 0.3 is 12.1 Å². The van der Waals surface area contributed by atoms with E-state index in [-0.39, 0.29) is 31.7 Å². The molecule has 0 aliphatic carbocycles. The molecule has 0 aromatic heterocycles. The number of halogens is 2. The molecule has 0 radical (unpaired) electrons. The lowest BCUT2D eigenvalue weighted by molar-refractivity contribution is -0.143. The highest BCUT2D eigenvalue weighted by Crippen LogP contribution is 2.21. The van der Waals surface area contributed by atoms with Gasteiger partial charge in [-0.1, -0.05) is 11.6 Å². The molecular weight excluding hydrogens is 465 g/mol. The number of benzene rings is 1. The Morgan fingerprint density at radius 3 is 2.79 bits per heavy atom. The van der Waals surface area contributed by atoms with Gasteiger partial charge in [-0.2, -0.15) is 5.26 Å². The van der Waals surface area contributed by atoms with Gasteiger partial charge in [-0.15, -0.1) is 4.99 Å². The summed E-state index contributed by atoms with van der Waals surface area (Å²) in [5.41, 5.74) is -0.205. The number of nitrogens with one attached hydrogen (secondary N) is 1. The molecule has 0 unspecified atom stereocenters. The number of hydrogen-bond donors (Lipinski definition) is 1. The first-order chi connectivity index (χ1) is 16.0. The van der Waals surface area contributed by atoms with E-state index < -0.39 is 23.5 Å². The number of guanidine groups is 1. The zero-order valence-electron chi connectivity index (χ0n) is 19.9. The van der Waals surface area contributed by atoms with E-state index in [0.717, 1.165) is 0 Å². The molecule has 1 fully saturated rings. The van der Waals surface area contributed by atoms with Crippen molar-refractivity contribution in [1.82, 2.24) is 15.1 Å². The van der Waals surface area contributed by atoms with Gasteiger partial charge in [0.25, 0.3) is 0 Å². The Kier molecular flexibility index (Phi) is 9.93. The van der Waals surface area contributed by atoms with Crippen LogP contribution >= 0.6 is 11.6 Å². The zero-order valence-corrected chi connectivity index (χ0v) is 20.7. The van der Waals surface area contributed by atoms with Gasteiger partial charge in [0.1, 0.15) is 18.0 Å². The molecule has 1 aromatic rings. The summed E-state index contributed by atoms with van der Waals surface area (Å²) in [6, 6.07) is 3.68. The average Bonchev–Trinajstić information content (AvgIpc) is 2.73. The minimum atomic E-state index is -0.632. The van der Waals surface area contributed by atoms with E-state index in [4.69, 9.17) is 21.1 Å². The molecule has 9 nitrogen and oxygen atoms in total. The van der Waals surface area contributed by atoms with Crippen LogP contribution in [0.5, 0.6) is 0 Å². The second-order valence-corrected chi connectivity index (χ2v) is 9.25. The summed E-state index contributed by atoms with van der Waals surface area (Å²) in [6.45, 7) is 7.90. The van der Waals surface area contributed by atoms with Gasteiger partial charge in [0.15, 0.2) is 0 Å². The third-order valence-electron chi connectivity index (χ3n) is 4.85. The van der Waals surface area contributed by atoms with E-state index in [1.165, 1.54) is 23.1 Å². The van der Waals surface area contributed by atoms with Gasteiger partial charge in [0.05, 0.1) is 6.61 Å². The molecule has 11 heteroatoms. The predicted octanol–water partition coefficient (Wildman–Crippen LogP) is 3.67. The molecule has 0 bridgehead atoms. The van der Waals surface area contributed by atoms with Gasteiger partial charge in [-0.3, -0.25) is 4.79 Å². The summed E-state index contributed by atoms with van der Waals surface area (Å²) >= 11 is 6.25. The molecule has 186 valence electrons. The normalized spacial score (nSPS) is 16.4. The molecule has 2 rings (SSSR count). The fourth-order valence-electron chi connectivity index (χ4n) is 3.57. The maximum Gasteiger partial charge on any atom is 0.407 e. The fourth-order valence-corrected chi connectivity index (χ4v) is 3.74. The number of rotatable bonds is 6. The molecule has 1 saturated heterocycles. The van der Waals surface area contributed by atoms with Crippen LogP contribution in [0, 0.1) is 17.3 Å². The smallest absolute Gasteiger partial charge is 0.407 e. The molecular formula is C23H31ClFN5O4. The summed E-state index contributed by atoms with van der Waals surface area (Å²) in [4.78, 5) is 31.9. The minimum Gasteiger partial charge on any atom is -0.465 e. The number of alkyl carbamates (subject to hydrolysis) is 1. The van der Waals surface area contributed by atoms with Gasteiger partial charge in [0.2, 0.25) is 12.2 Å². The van der Waals surface area contributed by atoms with Crippen LogP contribution in [-0.4, -0.2) is 65.7 Å². The molecule has 0 saturated carbocycles. The lowest BCUT2D eigenvalue weighted by Crippen LogP contribution is -2.54. The highest BCUT2D eigenvalue weighted by Gasteiger charge is 2.29. The Balaban J connectivity index is 2.27. The van der Waals surface area contributed by atoms with Crippen molar-refractivity contribution in [2.45, 2.75) is 58.7 Å². The second-order valence-electron chi connectivity index (χ2n) is 8.84. The predicted molar refractivity (Wildman–Crippen MR) is 125 cm³/mol. The number of esters is 1. The van der Waals surface area contributed by atoms with E-state index in [9.17, 15) is 19.2 Å². The van der Waals surface area contributed by atoms with E-state index in [2.05, 4.69) is 10.3 Å². The van der Waals surface area contributed by atoms with Crippen LogP contribution in [0.3, 0.4) is 0 Å². The first-order valence-electron chi connectivity index (χ1n) is 11.1. The van der Waals surface area contributed by atoms with E-state index in [1.54, 1.807) is 38.8 Å². The van der Waals surface area contributed by atoms with Crippen molar-refractivity contribution in [3.05, 3.63) is 34.6 Å². The van der Waals surface area contributed by atoms with Crippen LogP contribution in [0.4, 0.5) is 9.18 Å². The summed E-state index contributed by atoms with van der Waals surface area (Å²) < 4.78 is 24.3. The van der Waals surface area contributed by atoms with Crippen LogP contribution in [0.1, 0.15) is 46.1 Å². The third-order valence-corrected chi connectivity index (χ3v) is 5.22. The summed E-state index contributed by atoms with van der Waals surface area (Å²) in [7, 11) is 0. The lowest BCUT2D eigenvalue weighted by atomic mass is 10.1. The van der Waals surface area contributed by atoms with E-state index >= 15 is 0 Å². The second kappa shape index (κ2) is 12.4. The van der Waals surface area contributed by atoms with Gasteiger partial charge in [0, 0.05) is 30.7 Å². The number of hydrogen-bond acceptors (Lipinski definition) is 6. The third kappa shape index (κ3) is 8.71. The Labute approximate surface area is 204 Å². The van der Waals surface area contributed by atoms with Crippen molar-refractivity contribution in [2.24, 2.45) is 4.99 Å². The molecule has 1 aliphatic rings. The van der Waals surface area contributed by atoms with Crippen molar-refractivity contribution < 1.29 is 23.5 Å². The number of likely N-dealkylation sites (tertiary alicyclic amines) is 1. The monoisotopic (exact) mass is 495 g/mol. The van der Waals surface area contributed by atoms with E-state index in [1.807, 2.05) is 0 Å². The topological polar surface area (TPSA) is 107 Å². The molecule has 1 amide bonds. The SMILES string of the molecule is CCOC(=O)CN(Cc1cc(F)ccc1Cl)/C(=N/C#N)N1CCC[C@@H](NC(=O)OC(C)(C)C)C1. The number of aliphatic imine (C=N–C) groups is 1. The number of nitriles is 1. The van der Waals surface area contributed by atoms with Gasteiger partial charge in [-0.25, -0.2) is 9.18 Å². The van der Waals surface area contributed by atoms with Crippen molar-refractivity contribution in [3.63, 3.8) is 0 Å². The van der Waals surface area contributed by atoms with E-state index in [0.29, 0.717) is 36.5 Å². The van der Waals surface area contributed by atoms with Crippen LogP contribution in [-0.2, 0) is 20.8 Å². The lowest BCUT2D eigenvalue weighted by Gasteiger charge is -2.38. The molecule has 0 spiro atoms. The van der Waals surface area contributed by atoms with Crippen molar-refractivity contribution in [2.75, 3.05) is 26.2 Å². The van der Waals surface area contributed by atoms with Crippen LogP contribution in [0.2, 0.25) is 5.02 Å². The highest BCUT2D eigenvalue weighted by molar-refractivity contribution is 6.31. The average molecular weight is 496 g/mol. The van der Waals surface area contributed by atoms with Gasteiger partial charge < -0.3 is 24.6 Å². The Hall–Kier alpha value is -3.06. The number of ether oxygens (including phenoxy) is 2. The number of amides is 1. The standard InChI is InChI=1S/C23H31ClFN5O4/c1-5-33-20(31)14-30(12-16-11-17(25)8-9-19(16)24)21(27-15-26)29-10-6-7-18(13-29)28-22(32)34-23(2,3)4/h8-9,11,18H,5-7,10,12-14H2,1-4H3,(H,28,32)/b27-21+/t18-/m1/s1. The zero-order chi connectivity index (χ0) is 25.3. The first kappa shape index (κ1) is 27.2. The largest absolute Gasteiger partial charge is 0.465 e. The molecule has 34 heavy (non-hydrogen) atoms. The minimum absolute atomic E-state index is 0.0244. The Bertz CT molecular complexity index is 944. The quantitative estimate of drug-likeness (QED) is 0.277. The summed E-state index contributed by atoms with van der Waals surface area (Å²) in [5, 5.41) is 12.5. The molecule has 1 N–H and O–H groups in total. The highest BCUT2D eigenvalue weighted by atomic mass is 35.5. The first-order valence-corrected chi connectivity index (χ1v) is 11.5. The Morgan fingerprint density at radius 2 is 2.15 bits per heavy atom. The molecule has 1 aromatic carbocycles. The maximum absolute atomic E-state index is 13.9. The van der Waals surface area contributed by atoms with Crippen LogP contribution in [0.15, 0.2) is 23.2 Å². The number of nitrogens with zero attached hydrogens (tertiary/aromatic N) is 4. The molecule has 1 heterocycles. The summed E-state index contributed by atoms with van der Waals surface area (Å²) in [5.74, 6) is -0.790.